The molecule has 1 aromatic heterocycles. The van der Waals surface area contributed by atoms with Crippen LogP contribution in [0.5, 0.6) is 5.75 Å². The van der Waals surface area contributed by atoms with E-state index >= 15 is 0 Å². The Balaban J connectivity index is 1.99. The molecule has 0 unspecified atom stereocenters. The molecule has 0 aliphatic carbocycles. The number of carbonyl (C=O) groups is 2. The minimum Gasteiger partial charge on any atom is -0.497 e. The first kappa shape index (κ1) is 17.0. The van der Waals surface area contributed by atoms with Crippen molar-refractivity contribution in [2.75, 3.05) is 19.0 Å². The SMILES string of the molecule is CCOC(=O)c1sc(NC(=O)Cc2ccc(OC)cc2)nc1C. The number of nitrogens with one attached hydrogen (secondary N) is 1. The van der Waals surface area contributed by atoms with E-state index in [2.05, 4.69) is 10.3 Å². The Morgan fingerprint density at radius 2 is 1.96 bits per heavy atom. The third-order valence-corrected chi connectivity index (χ3v) is 4.08. The highest BCUT2D eigenvalue weighted by Crippen LogP contribution is 2.23. The van der Waals surface area contributed by atoms with Gasteiger partial charge in [-0.3, -0.25) is 4.79 Å². The van der Waals surface area contributed by atoms with Crippen LogP contribution in [-0.2, 0) is 16.0 Å². The number of anilines is 1. The number of ether oxygens (including phenoxy) is 2. The first-order valence-electron chi connectivity index (χ1n) is 7.10. The van der Waals surface area contributed by atoms with Crippen LogP contribution in [0.25, 0.3) is 0 Å². The molecule has 122 valence electrons. The van der Waals surface area contributed by atoms with Crippen molar-refractivity contribution in [3.05, 3.63) is 40.4 Å². The molecule has 0 atom stereocenters. The average Bonchev–Trinajstić information content (AvgIpc) is 2.88. The fraction of sp³-hybridized carbons (Fsp3) is 0.312. The van der Waals surface area contributed by atoms with E-state index < -0.39 is 5.97 Å². The van der Waals surface area contributed by atoms with E-state index in [1.165, 1.54) is 0 Å². The number of nitrogens with zero attached hydrogens (tertiary/aromatic N) is 1. The van der Waals surface area contributed by atoms with Crippen molar-refractivity contribution in [1.29, 1.82) is 0 Å². The molecular weight excluding hydrogens is 316 g/mol. The lowest BCUT2D eigenvalue weighted by Gasteiger charge is -2.03. The highest BCUT2D eigenvalue weighted by Gasteiger charge is 2.17. The van der Waals surface area contributed by atoms with Crippen LogP contribution in [0.4, 0.5) is 5.13 Å². The van der Waals surface area contributed by atoms with Gasteiger partial charge in [-0.05, 0) is 31.5 Å². The largest absolute Gasteiger partial charge is 0.497 e. The Hall–Kier alpha value is -2.41. The van der Waals surface area contributed by atoms with Crippen molar-refractivity contribution in [1.82, 2.24) is 4.98 Å². The van der Waals surface area contributed by atoms with Gasteiger partial charge in [0.05, 0.1) is 25.8 Å². The number of hydrogen-bond acceptors (Lipinski definition) is 6. The Morgan fingerprint density at radius 3 is 2.57 bits per heavy atom. The van der Waals surface area contributed by atoms with Crippen molar-refractivity contribution in [3.63, 3.8) is 0 Å². The fourth-order valence-electron chi connectivity index (χ4n) is 1.93. The summed E-state index contributed by atoms with van der Waals surface area (Å²) in [6.07, 6.45) is 0.220. The van der Waals surface area contributed by atoms with Gasteiger partial charge in [-0.15, -0.1) is 0 Å². The topological polar surface area (TPSA) is 77.5 Å². The van der Waals surface area contributed by atoms with Gasteiger partial charge in [-0.25, -0.2) is 9.78 Å². The van der Waals surface area contributed by atoms with Gasteiger partial charge in [-0.1, -0.05) is 23.5 Å². The average molecular weight is 334 g/mol. The summed E-state index contributed by atoms with van der Waals surface area (Å²) in [5, 5.41) is 3.10. The van der Waals surface area contributed by atoms with E-state index in [9.17, 15) is 9.59 Å². The summed E-state index contributed by atoms with van der Waals surface area (Å²) >= 11 is 1.11. The zero-order chi connectivity index (χ0) is 16.8. The standard InChI is InChI=1S/C16H18N2O4S/c1-4-22-15(20)14-10(2)17-16(23-14)18-13(19)9-11-5-7-12(21-3)8-6-11/h5-8H,4,9H2,1-3H3,(H,17,18,19). The minimum atomic E-state index is -0.418. The van der Waals surface area contributed by atoms with E-state index in [1.54, 1.807) is 33.1 Å². The number of esters is 1. The molecule has 2 rings (SSSR count). The Bertz CT molecular complexity index is 695. The van der Waals surface area contributed by atoms with E-state index in [-0.39, 0.29) is 12.3 Å². The zero-order valence-corrected chi connectivity index (χ0v) is 14.0. The summed E-state index contributed by atoms with van der Waals surface area (Å²) in [6.45, 7) is 3.75. The molecule has 0 bridgehead atoms. The molecule has 1 amide bonds. The van der Waals surface area contributed by atoms with Crippen LogP contribution < -0.4 is 10.1 Å². The van der Waals surface area contributed by atoms with Crippen LogP contribution in [0.15, 0.2) is 24.3 Å². The maximum atomic E-state index is 12.1. The third kappa shape index (κ3) is 4.53. The quantitative estimate of drug-likeness (QED) is 0.822. The van der Waals surface area contributed by atoms with Crippen molar-refractivity contribution >= 4 is 28.3 Å². The molecular formula is C16H18N2O4S. The number of aromatic nitrogens is 1. The summed E-state index contributed by atoms with van der Waals surface area (Å²) in [7, 11) is 1.59. The van der Waals surface area contributed by atoms with Gasteiger partial charge in [0.15, 0.2) is 5.13 Å². The second kappa shape index (κ2) is 7.73. The highest BCUT2D eigenvalue weighted by molar-refractivity contribution is 7.17. The Labute approximate surface area is 138 Å². The maximum absolute atomic E-state index is 12.1. The van der Waals surface area contributed by atoms with E-state index in [4.69, 9.17) is 9.47 Å². The summed E-state index contributed by atoms with van der Waals surface area (Å²) in [6, 6.07) is 7.26. The van der Waals surface area contributed by atoms with Crippen molar-refractivity contribution in [2.24, 2.45) is 0 Å². The lowest BCUT2D eigenvalue weighted by atomic mass is 10.1. The van der Waals surface area contributed by atoms with Gasteiger partial charge in [0.25, 0.3) is 0 Å². The molecule has 6 nitrogen and oxygen atoms in total. The number of benzene rings is 1. The number of aryl methyl sites for hydroxylation is 1. The number of hydrogen-bond donors (Lipinski definition) is 1. The molecule has 0 aliphatic heterocycles. The maximum Gasteiger partial charge on any atom is 0.350 e. The minimum absolute atomic E-state index is 0.195. The molecule has 0 saturated carbocycles. The molecule has 0 aliphatic rings. The lowest BCUT2D eigenvalue weighted by Crippen LogP contribution is -2.14. The molecule has 2 aromatic rings. The molecule has 0 saturated heterocycles. The number of amides is 1. The lowest BCUT2D eigenvalue weighted by molar-refractivity contribution is -0.115. The van der Waals surface area contributed by atoms with Crippen molar-refractivity contribution in [2.45, 2.75) is 20.3 Å². The van der Waals surface area contributed by atoms with Crippen LogP contribution in [-0.4, -0.2) is 30.6 Å². The van der Waals surface area contributed by atoms with Crippen LogP contribution in [0.2, 0.25) is 0 Å². The van der Waals surface area contributed by atoms with Gasteiger partial charge < -0.3 is 14.8 Å². The molecule has 1 aromatic carbocycles. The zero-order valence-electron chi connectivity index (χ0n) is 13.2. The highest BCUT2D eigenvalue weighted by atomic mass is 32.1. The van der Waals surface area contributed by atoms with Crippen LogP contribution >= 0.6 is 11.3 Å². The van der Waals surface area contributed by atoms with Crippen LogP contribution in [0.3, 0.4) is 0 Å². The molecule has 0 fully saturated rings. The number of carbonyl (C=O) groups excluding carboxylic acids is 2. The summed E-state index contributed by atoms with van der Waals surface area (Å²) in [4.78, 5) is 28.4. The summed E-state index contributed by atoms with van der Waals surface area (Å²) in [5.41, 5.74) is 1.41. The molecule has 23 heavy (non-hydrogen) atoms. The first-order chi connectivity index (χ1) is 11.0. The van der Waals surface area contributed by atoms with Gasteiger partial charge in [-0.2, -0.15) is 0 Å². The first-order valence-corrected chi connectivity index (χ1v) is 7.92. The normalized spacial score (nSPS) is 10.2. The number of thiazole rings is 1. The van der Waals surface area contributed by atoms with Gasteiger partial charge in [0.1, 0.15) is 10.6 Å². The predicted octanol–water partition coefficient (Wildman–Crippen LogP) is 2.82. The Kier molecular flexibility index (Phi) is 5.70. The van der Waals surface area contributed by atoms with Crippen molar-refractivity contribution < 1.29 is 19.1 Å². The third-order valence-electron chi connectivity index (χ3n) is 3.03. The Morgan fingerprint density at radius 1 is 1.26 bits per heavy atom. The second-order valence-corrected chi connectivity index (χ2v) is 5.73. The smallest absolute Gasteiger partial charge is 0.350 e. The van der Waals surface area contributed by atoms with Gasteiger partial charge >= 0.3 is 5.97 Å². The molecule has 1 N–H and O–H groups in total. The monoisotopic (exact) mass is 334 g/mol. The number of rotatable bonds is 6. The van der Waals surface area contributed by atoms with Gasteiger partial charge in [0, 0.05) is 0 Å². The summed E-state index contributed by atoms with van der Waals surface area (Å²) < 4.78 is 10.0. The van der Waals surface area contributed by atoms with E-state index in [1.807, 2.05) is 12.1 Å². The summed E-state index contributed by atoms with van der Waals surface area (Å²) in [5.74, 6) is 0.126. The van der Waals surface area contributed by atoms with Crippen LogP contribution in [0.1, 0.15) is 27.9 Å². The predicted molar refractivity (Wildman–Crippen MR) is 88.1 cm³/mol. The van der Waals surface area contributed by atoms with E-state index in [0.717, 1.165) is 22.6 Å². The number of methoxy groups -OCH3 is 1. The molecule has 0 spiro atoms. The molecule has 1 heterocycles. The van der Waals surface area contributed by atoms with Gasteiger partial charge in [0.2, 0.25) is 5.91 Å². The van der Waals surface area contributed by atoms with E-state index in [0.29, 0.717) is 22.3 Å². The van der Waals surface area contributed by atoms with Crippen LogP contribution in [0, 0.1) is 6.92 Å². The molecule has 0 radical (unpaired) electrons. The van der Waals surface area contributed by atoms with Crippen molar-refractivity contribution in [3.8, 4) is 5.75 Å². The second-order valence-electron chi connectivity index (χ2n) is 4.73. The molecule has 7 heteroatoms. The fourth-order valence-corrected chi connectivity index (χ4v) is 2.80.